The fourth-order valence-electron chi connectivity index (χ4n) is 1.29. The molecule has 1 rings (SSSR count). The Morgan fingerprint density at radius 3 is 2.71 bits per heavy atom. The van der Waals surface area contributed by atoms with Gasteiger partial charge in [-0.2, -0.15) is 0 Å². The average molecular weight is 199 g/mol. The van der Waals surface area contributed by atoms with Crippen LogP contribution in [0.5, 0.6) is 0 Å². The van der Waals surface area contributed by atoms with Gasteiger partial charge in [0.25, 0.3) is 0 Å². The Kier molecular flexibility index (Phi) is 4.62. The first-order valence-corrected chi connectivity index (χ1v) is 4.79. The quantitative estimate of drug-likeness (QED) is 0.488. The van der Waals surface area contributed by atoms with E-state index in [1.165, 1.54) is 7.11 Å². The summed E-state index contributed by atoms with van der Waals surface area (Å²) in [6.45, 7) is 6.00. The predicted octanol–water partition coefficient (Wildman–Crippen LogP) is 0.438. The molecule has 0 aromatic carbocycles. The Morgan fingerprint density at radius 2 is 2.14 bits per heavy atom. The highest BCUT2D eigenvalue weighted by molar-refractivity contribution is 5.87. The van der Waals surface area contributed by atoms with E-state index in [9.17, 15) is 4.79 Å². The summed E-state index contributed by atoms with van der Waals surface area (Å²) in [4.78, 5) is 13.3. The normalized spacial score (nSPS) is 19.4. The van der Waals surface area contributed by atoms with E-state index in [0.29, 0.717) is 5.57 Å². The maximum atomic E-state index is 11.1. The van der Waals surface area contributed by atoms with Gasteiger partial charge in [0.2, 0.25) is 0 Å². The highest BCUT2D eigenvalue weighted by Crippen LogP contribution is 2.00. The summed E-state index contributed by atoms with van der Waals surface area (Å²) in [6.07, 6.45) is 1.90. The summed E-state index contributed by atoms with van der Waals surface area (Å²) in [5.74, 6) is -0.252. The molecule has 0 unspecified atom stereocenters. The van der Waals surface area contributed by atoms with Crippen molar-refractivity contribution in [3.63, 3.8) is 0 Å². The third-order valence-corrected chi connectivity index (χ3v) is 2.27. The second-order valence-electron chi connectivity index (χ2n) is 3.29. The largest absolute Gasteiger partial charge is 0.466 e. The van der Waals surface area contributed by atoms with Crippen molar-refractivity contribution >= 4 is 5.97 Å². The molecule has 0 bridgehead atoms. The van der Waals surface area contributed by atoms with Crippen molar-refractivity contribution in [2.45, 2.75) is 6.92 Å². The fourth-order valence-corrected chi connectivity index (χ4v) is 1.29. The molecule has 0 aliphatic carbocycles. The van der Waals surface area contributed by atoms with Crippen LogP contribution in [-0.4, -0.2) is 50.8 Å². The van der Waals surface area contributed by atoms with Crippen molar-refractivity contribution in [2.75, 3.05) is 40.0 Å². The predicted molar refractivity (Wildman–Crippen MR) is 53.0 cm³/mol. The standard InChI is InChI=1S/C10H17NO3/c1-9(10(12)13-2)3-4-11-5-7-14-8-6-11/h3H,4-8H2,1-2H3. The van der Waals surface area contributed by atoms with Crippen molar-refractivity contribution in [1.82, 2.24) is 4.90 Å². The van der Waals surface area contributed by atoms with Crippen LogP contribution in [-0.2, 0) is 14.3 Å². The molecule has 0 spiro atoms. The van der Waals surface area contributed by atoms with Crippen LogP contribution in [0.3, 0.4) is 0 Å². The van der Waals surface area contributed by atoms with Crippen molar-refractivity contribution in [3.8, 4) is 0 Å². The molecule has 0 N–H and O–H groups in total. The number of hydrogen-bond donors (Lipinski definition) is 0. The van der Waals surface area contributed by atoms with Gasteiger partial charge in [-0.1, -0.05) is 6.08 Å². The lowest BCUT2D eigenvalue weighted by Gasteiger charge is -2.25. The van der Waals surface area contributed by atoms with Crippen LogP contribution >= 0.6 is 0 Å². The summed E-state index contributed by atoms with van der Waals surface area (Å²) in [5.41, 5.74) is 0.666. The first kappa shape index (κ1) is 11.2. The van der Waals surface area contributed by atoms with Crippen molar-refractivity contribution in [1.29, 1.82) is 0 Å². The topological polar surface area (TPSA) is 38.8 Å². The molecule has 1 fully saturated rings. The van der Waals surface area contributed by atoms with Gasteiger partial charge in [0.05, 0.1) is 20.3 Å². The van der Waals surface area contributed by atoms with Crippen LogP contribution in [0.25, 0.3) is 0 Å². The molecule has 0 amide bonds. The smallest absolute Gasteiger partial charge is 0.333 e. The number of hydrogen-bond acceptors (Lipinski definition) is 4. The molecule has 14 heavy (non-hydrogen) atoms. The van der Waals surface area contributed by atoms with Gasteiger partial charge >= 0.3 is 5.97 Å². The number of ether oxygens (including phenoxy) is 2. The maximum absolute atomic E-state index is 11.1. The van der Waals surface area contributed by atoms with Crippen LogP contribution in [0.2, 0.25) is 0 Å². The molecule has 1 saturated heterocycles. The number of esters is 1. The lowest BCUT2D eigenvalue weighted by molar-refractivity contribution is -0.136. The molecule has 0 saturated carbocycles. The molecule has 1 aliphatic rings. The molecule has 1 aliphatic heterocycles. The SMILES string of the molecule is COC(=O)C(C)=CCN1CCOCC1. The van der Waals surface area contributed by atoms with Gasteiger partial charge < -0.3 is 9.47 Å². The molecule has 80 valence electrons. The zero-order valence-electron chi connectivity index (χ0n) is 8.78. The molecule has 4 nitrogen and oxygen atoms in total. The van der Waals surface area contributed by atoms with Gasteiger partial charge in [0, 0.05) is 25.2 Å². The Bertz CT molecular complexity index is 219. The molecule has 4 heteroatoms. The number of rotatable bonds is 3. The van der Waals surface area contributed by atoms with Crippen LogP contribution < -0.4 is 0 Å². The second kappa shape index (κ2) is 5.78. The van der Waals surface area contributed by atoms with Gasteiger partial charge in [-0.3, -0.25) is 4.90 Å². The van der Waals surface area contributed by atoms with Crippen molar-refractivity contribution in [3.05, 3.63) is 11.6 Å². The molecular weight excluding hydrogens is 182 g/mol. The van der Waals surface area contributed by atoms with Gasteiger partial charge in [-0.25, -0.2) is 4.79 Å². The first-order chi connectivity index (χ1) is 6.74. The lowest BCUT2D eigenvalue weighted by atomic mass is 10.2. The van der Waals surface area contributed by atoms with Crippen LogP contribution in [0, 0.1) is 0 Å². The van der Waals surface area contributed by atoms with E-state index in [0.717, 1.165) is 32.8 Å². The van der Waals surface area contributed by atoms with E-state index in [4.69, 9.17) is 4.74 Å². The average Bonchev–Trinajstić information content (AvgIpc) is 2.26. The van der Waals surface area contributed by atoms with E-state index < -0.39 is 0 Å². The van der Waals surface area contributed by atoms with E-state index in [2.05, 4.69) is 9.64 Å². The highest BCUT2D eigenvalue weighted by Gasteiger charge is 2.09. The zero-order chi connectivity index (χ0) is 10.4. The molecule has 0 aromatic rings. The molecule has 0 radical (unpaired) electrons. The maximum Gasteiger partial charge on any atom is 0.333 e. The van der Waals surface area contributed by atoms with Crippen molar-refractivity contribution < 1.29 is 14.3 Å². The number of methoxy groups -OCH3 is 1. The number of carbonyl (C=O) groups excluding carboxylic acids is 1. The Morgan fingerprint density at radius 1 is 1.50 bits per heavy atom. The van der Waals surface area contributed by atoms with Gasteiger partial charge in [-0.05, 0) is 6.92 Å². The number of carbonyl (C=O) groups is 1. The third kappa shape index (κ3) is 3.47. The summed E-state index contributed by atoms with van der Waals surface area (Å²) in [5, 5.41) is 0. The van der Waals surface area contributed by atoms with E-state index in [1.54, 1.807) is 6.92 Å². The number of nitrogens with zero attached hydrogens (tertiary/aromatic N) is 1. The van der Waals surface area contributed by atoms with Crippen LogP contribution in [0.4, 0.5) is 0 Å². The summed E-state index contributed by atoms with van der Waals surface area (Å²) < 4.78 is 9.82. The minimum absolute atomic E-state index is 0.252. The minimum atomic E-state index is -0.252. The highest BCUT2D eigenvalue weighted by atomic mass is 16.5. The molecule has 0 aromatic heterocycles. The van der Waals surface area contributed by atoms with Crippen LogP contribution in [0.15, 0.2) is 11.6 Å². The fraction of sp³-hybridized carbons (Fsp3) is 0.700. The Balaban J connectivity index is 2.33. The van der Waals surface area contributed by atoms with E-state index in [-0.39, 0.29) is 5.97 Å². The first-order valence-electron chi connectivity index (χ1n) is 4.79. The van der Waals surface area contributed by atoms with Gasteiger partial charge in [-0.15, -0.1) is 0 Å². The molecule has 0 atom stereocenters. The second-order valence-corrected chi connectivity index (χ2v) is 3.29. The van der Waals surface area contributed by atoms with Gasteiger partial charge in [0.15, 0.2) is 0 Å². The van der Waals surface area contributed by atoms with E-state index >= 15 is 0 Å². The van der Waals surface area contributed by atoms with Gasteiger partial charge in [0.1, 0.15) is 0 Å². The minimum Gasteiger partial charge on any atom is -0.466 e. The summed E-state index contributed by atoms with van der Waals surface area (Å²) >= 11 is 0. The summed E-state index contributed by atoms with van der Waals surface area (Å²) in [6, 6.07) is 0. The monoisotopic (exact) mass is 199 g/mol. The lowest BCUT2D eigenvalue weighted by Crippen LogP contribution is -2.36. The van der Waals surface area contributed by atoms with Crippen molar-refractivity contribution in [2.24, 2.45) is 0 Å². The third-order valence-electron chi connectivity index (χ3n) is 2.27. The molecular formula is C10H17NO3. The Labute approximate surface area is 84.5 Å². The molecule has 1 heterocycles. The summed E-state index contributed by atoms with van der Waals surface area (Å²) in [7, 11) is 1.40. The Hall–Kier alpha value is -0.870. The zero-order valence-corrected chi connectivity index (χ0v) is 8.78. The number of morpholine rings is 1. The van der Waals surface area contributed by atoms with E-state index in [1.807, 2.05) is 6.08 Å². The van der Waals surface area contributed by atoms with Crippen LogP contribution in [0.1, 0.15) is 6.92 Å².